The monoisotopic (exact) mass is 347 g/mol. The van der Waals surface area contributed by atoms with Crippen LogP contribution in [0.15, 0.2) is 48.0 Å². The molecule has 0 aliphatic heterocycles. The van der Waals surface area contributed by atoms with Crippen molar-refractivity contribution in [2.45, 2.75) is 59.4 Å². The SMILES string of the molecule is CCCC(=O)c1ccc(NCc2ccc(CC)cc2)cc1C(C)=C1CC1. The Hall–Kier alpha value is -2.35. The molecule has 2 heteroatoms. The van der Waals surface area contributed by atoms with Crippen molar-refractivity contribution in [3.63, 3.8) is 0 Å². The fourth-order valence-corrected chi connectivity index (χ4v) is 3.29. The second-order valence-electron chi connectivity index (χ2n) is 7.19. The molecule has 0 amide bonds. The summed E-state index contributed by atoms with van der Waals surface area (Å²) in [6.45, 7) is 7.19. The van der Waals surface area contributed by atoms with E-state index in [1.807, 2.05) is 12.1 Å². The molecule has 1 fully saturated rings. The molecule has 136 valence electrons. The first kappa shape index (κ1) is 18.4. The standard InChI is InChI=1S/C24H29NO/c1-4-6-24(26)22-14-13-21(15-23(22)17(3)20-11-12-20)25-16-19-9-7-18(5-2)8-10-19/h7-10,13-15,25H,4-6,11-12,16H2,1-3H3. The highest BCUT2D eigenvalue weighted by atomic mass is 16.1. The Morgan fingerprint density at radius 1 is 0.962 bits per heavy atom. The van der Waals surface area contributed by atoms with Gasteiger partial charge in [0.1, 0.15) is 0 Å². The Balaban J connectivity index is 1.80. The van der Waals surface area contributed by atoms with E-state index in [0.29, 0.717) is 6.42 Å². The third kappa shape index (κ3) is 4.43. The van der Waals surface area contributed by atoms with Gasteiger partial charge in [0.05, 0.1) is 0 Å². The minimum atomic E-state index is 0.254. The maximum Gasteiger partial charge on any atom is 0.163 e. The number of nitrogens with one attached hydrogen (secondary N) is 1. The summed E-state index contributed by atoms with van der Waals surface area (Å²) >= 11 is 0. The first-order valence-corrected chi connectivity index (χ1v) is 9.80. The van der Waals surface area contributed by atoms with Crippen LogP contribution in [0.5, 0.6) is 0 Å². The summed E-state index contributed by atoms with van der Waals surface area (Å²) in [4.78, 5) is 12.5. The largest absolute Gasteiger partial charge is 0.381 e. The summed E-state index contributed by atoms with van der Waals surface area (Å²) in [5.74, 6) is 0.254. The number of hydrogen-bond acceptors (Lipinski definition) is 2. The number of carbonyl (C=O) groups excluding carboxylic acids is 1. The molecular weight excluding hydrogens is 318 g/mol. The van der Waals surface area contributed by atoms with Crippen molar-refractivity contribution in [2.75, 3.05) is 5.32 Å². The second kappa shape index (κ2) is 8.35. The lowest BCUT2D eigenvalue weighted by molar-refractivity contribution is 0.0981. The predicted octanol–water partition coefficient (Wildman–Crippen LogP) is 6.41. The number of hydrogen-bond donors (Lipinski definition) is 1. The van der Waals surface area contributed by atoms with Crippen molar-refractivity contribution in [3.05, 3.63) is 70.3 Å². The molecule has 1 aliphatic carbocycles. The molecule has 26 heavy (non-hydrogen) atoms. The summed E-state index contributed by atoms with van der Waals surface area (Å²) in [6.07, 6.45) is 4.93. The van der Waals surface area contributed by atoms with Crippen LogP contribution < -0.4 is 5.32 Å². The molecule has 1 aliphatic rings. The van der Waals surface area contributed by atoms with E-state index in [9.17, 15) is 4.79 Å². The molecule has 0 radical (unpaired) electrons. The third-order valence-corrected chi connectivity index (χ3v) is 5.16. The zero-order valence-corrected chi connectivity index (χ0v) is 16.2. The van der Waals surface area contributed by atoms with Crippen LogP contribution in [0.1, 0.15) is 73.5 Å². The van der Waals surface area contributed by atoms with E-state index in [1.165, 1.54) is 35.1 Å². The van der Waals surface area contributed by atoms with E-state index in [4.69, 9.17) is 0 Å². The molecule has 0 bridgehead atoms. The van der Waals surface area contributed by atoms with E-state index in [-0.39, 0.29) is 5.78 Å². The van der Waals surface area contributed by atoms with Gasteiger partial charge < -0.3 is 5.32 Å². The van der Waals surface area contributed by atoms with Crippen LogP contribution in [0.25, 0.3) is 5.57 Å². The number of rotatable bonds is 8. The van der Waals surface area contributed by atoms with Crippen LogP contribution in [0.4, 0.5) is 5.69 Å². The molecule has 2 aromatic rings. The van der Waals surface area contributed by atoms with Crippen LogP contribution in [-0.4, -0.2) is 5.78 Å². The summed E-state index contributed by atoms with van der Waals surface area (Å²) in [5.41, 5.74) is 8.48. The zero-order chi connectivity index (χ0) is 18.5. The van der Waals surface area contributed by atoms with Gasteiger partial charge in [0.15, 0.2) is 5.78 Å². The molecule has 0 spiro atoms. The van der Waals surface area contributed by atoms with Gasteiger partial charge in [0.25, 0.3) is 0 Å². The number of carbonyl (C=O) groups is 1. The summed E-state index contributed by atoms with van der Waals surface area (Å²) < 4.78 is 0. The number of Topliss-reactive ketones (excluding diaryl/α,β-unsaturated/α-hetero) is 1. The lowest BCUT2D eigenvalue weighted by Gasteiger charge is -2.13. The fraction of sp³-hybridized carbons (Fsp3) is 0.375. The van der Waals surface area contributed by atoms with Crippen molar-refractivity contribution >= 4 is 17.0 Å². The second-order valence-corrected chi connectivity index (χ2v) is 7.19. The molecule has 0 atom stereocenters. The van der Waals surface area contributed by atoms with Crippen molar-refractivity contribution in [3.8, 4) is 0 Å². The molecule has 0 unspecified atom stereocenters. The van der Waals surface area contributed by atoms with Crippen LogP contribution in [0.3, 0.4) is 0 Å². The van der Waals surface area contributed by atoms with Gasteiger partial charge in [-0.15, -0.1) is 0 Å². The van der Waals surface area contributed by atoms with Crippen LogP contribution in [-0.2, 0) is 13.0 Å². The number of benzene rings is 2. The van der Waals surface area contributed by atoms with Crippen LogP contribution in [0, 0.1) is 0 Å². The zero-order valence-electron chi connectivity index (χ0n) is 16.2. The maximum atomic E-state index is 12.5. The molecule has 1 N–H and O–H groups in total. The number of aryl methyl sites for hydroxylation is 1. The van der Waals surface area contributed by atoms with Gasteiger partial charge in [-0.1, -0.05) is 43.7 Å². The maximum absolute atomic E-state index is 12.5. The average Bonchev–Trinajstić information content (AvgIpc) is 3.51. The summed E-state index contributed by atoms with van der Waals surface area (Å²) in [6, 6.07) is 14.9. The highest BCUT2D eigenvalue weighted by Gasteiger charge is 2.20. The smallest absolute Gasteiger partial charge is 0.163 e. The van der Waals surface area contributed by atoms with Gasteiger partial charge in [-0.2, -0.15) is 0 Å². The predicted molar refractivity (Wildman–Crippen MR) is 111 cm³/mol. The number of allylic oxidation sites excluding steroid dienone is 2. The first-order chi connectivity index (χ1) is 12.6. The van der Waals surface area contributed by atoms with Crippen molar-refractivity contribution < 1.29 is 4.79 Å². The lowest BCUT2D eigenvalue weighted by Crippen LogP contribution is -2.05. The van der Waals surface area contributed by atoms with Gasteiger partial charge in [-0.3, -0.25) is 4.79 Å². The van der Waals surface area contributed by atoms with Crippen LogP contribution in [0.2, 0.25) is 0 Å². The van der Waals surface area contributed by atoms with Crippen molar-refractivity contribution in [2.24, 2.45) is 0 Å². The minimum absolute atomic E-state index is 0.254. The Morgan fingerprint density at radius 2 is 1.65 bits per heavy atom. The van der Waals surface area contributed by atoms with E-state index in [0.717, 1.165) is 36.2 Å². The molecule has 0 heterocycles. The number of anilines is 1. The molecule has 2 nitrogen and oxygen atoms in total. The molecule has 0 saturated heterocycles. The van der Waals surface area contributed by atoms with Gasteiger partial charge >= 0.3 is 0 Å². The Kier molecular flexibility index (Phi) is 5.92. The molecule has 2 aromatic carbocycles. The van der Waals surface area contributed by atoms with Gasteiger partial charge in [0.2, 0.25) is 0 Å². The van der Waals surface area contributed by atoms with E-state index in [2.05, 4.69) is 56.4 Å². The lowest BCUT2D eigenvalue weighted by atomic mass is 9.94. The van der Waals surface area contributed by atoms with Gasteiger partial charge in [-0.05, 0) is 73.1 Å². The summed E-state index contributed by atoms with van der Waals surface area (Å²) in [5, 5.41) is 3.52. The van der Waals surface area contributed by atoms with E-state index in [1.54, 1.807) is 0 Å². The number of ketones is 1. The molecule has 1 saturated carbocycles. The Bertz CT molecular complexity index is 809. The quantitative estimate of drug-likeness (QED) is 0.559. The normalized spacial score (nSPS) is 12.8. The van der Waals surface area contributed by atoms with Crippen molar-refractivity contribution in [1.82, 2.24) is 0 Å². The highest BCUT2D eigenvalue weighted by molar-refractivity contribution is 6.01. The van der Waals surface area contributed by atoms with Crippen LogP contribution >= 0.6 is 0 Å². The van der Waals surface area contributed by atoms with E-state index < -0.39 is 0 Å². The minimum Gasteiger partial charge on any atom is -0.381 e. The average molecular weight is 348 g/mol. The molecule has 3 rings (SSSR count). The van der Waals surface area contributed by atoms with Gasteiger partial charge in [-0.25, -0.2) is 0 Å². The highest BCUT2D eigenvalue weighted by Crippen LogP contribution is 2.38. The third-order valence-electron chi connectivity index (χ3n) is 5.16. The Labute approximate surface area is 157 Å². The summed E-state index contributed by atoms with van der Waals surface area (Å²) in [7, 11) is 0. The first-order valence-electron chi connectivity index (χ1n) is 9.80. The van der Waals surface area contributed by atoms with Gasteiger partial charge in [0, 0.05) is 24.2 Å². The van der Waals surface area contributed by atoms with E-state index >= 15 is 0 Å². The van der Waals surface area contributed by atoms with Crippen molar-refractivity contribution in [1.29, 1.82) is 0 Å². The molecule has 0 aromatic heterocycles. The fourth-order valence-electron chi connectivity index (χ4n) is 3.29. The molecular formula is C24H29NO. The topological polar surface area (TPSA) is 29.1 Å². The Morgan fingerprint density at radius 3 is 2.27 bits per heavy atom.